The molecule has 2 rings (SSSR count). The highest BCUT2D eigenvalue weighted by atomic mass is 35.5. The molecule has 18 heavy (non-hydrogen) atoms. The van der Waals surface area contributed by atoms with E-state index in [0.717, 1.165) is 24.4 Å². The summed E-state index contributed by atoms with van der Waals surface area (Å²) < 4.78 is 5.62. The van der Waals surface area contributed by atoms with Crippen molar-refractivity contribution >= 4 is 17.3 Å². The predicted molar refractivity (Wildman–Crippen MR) is 74.3 cm³/mol. The van der Waals surface area contributed by atoms with Crippen molar-refractivity contribution in [2.24, 2.45) is 0 Å². The summed E-state index contributed by atoms with van der Waals surface area (Å²) in [6.45, 7) is 7.54. The third kappa shape index (κ3) is 2.79. The van der Waals surface area contributed by atoms with Crippen LogP contribution in [0.3, 0.4) is 0 Å². The first-order valence-corrected chi connectivity index (χ1v) is 6.72. The van der Waals surface area contributed by atoms with E-state index < -0.39 is 6.10 Å². The number of aliphatic hydroxyl groups excluding tert-OH is 1. The molecule has 3 atom stereocenters. The summed E-state index contributed by atoms with van der Waals surface area (Å²) in [5, 5.41) is 10.2. The molecule has 1 aromatic rings. The van der Waals surface area contributed by atoms with E-state index in [9.17, 15) is 5.11 Å². The number of hydrogen-bond donors (Lipinski definition) is 1. The minimum atomic E-state index is -0.535. The maximum Gasteiger partial charge on any atom is 0.0776 e. The van der Waals surface area contributed by atoms with Gasteiger partial charge in [0.2, 0.25) is 0 Å². The second kappa shape index (κ2) is 5.47. The summed E-state index contributed by atoms with van der Waals surface area (Å²) in [6.07, 6.45) is -0.302. The van der Waals surface area contributed by atoms with E-state index in [1.807, 2.05) is 18.2 Å². The first-order chi connectivity index (χ1) is 8.49. The molecule has 1 fully saturated rings. The van der Waals surface area contributed by atoms with Gasteiger partial charge in [-0.1, -0.05) is 17.7 Å². The summed E-state index contributed by atoms with van der Waals surface area (Å²) in [4.78, 5) is 2.30. The molecular weight excluding hydrogens is 250 g/mol. The Hall–Kier alpha value is -0.770. The maximum atomic E-state index is 9.58. The van der Waals surface area contributed by atoms with Crippen LogP contribution in [0, 0.1) is 0 Å². The zero-order valence-electron chi connectivity index (χ0n) is 11.1. The van der Waals surface area contributed by atoms with Gasteiger partial charge in [0.15, 0.2) is 0 Å². The Bertz CT molecular complexity index is 422. The van der Waals surface area contributed by atoms with Gasteiger partial charge in [0.05, 0.1) is 18.8 Å². The number of hydrogen-bond acceptors (Lipinski definition) is 3. The number of morpholine rings is 1. The number of nitrogens with zero attached hydrogens (tertiary/aromatic N) is 1. The molecule has 1 aliphatic rings. The normalized spacial score (nSPS) is 26.2. The van der Waals surface area contributed by atoms with Gasteiger partial charge in [-0.05, 0) is 38.5 Å². The fourth-order valence-electron chi connectivity index (χ4n) is 2.30. The van der Waals surface area contributed by atoms with Gasteiger partial charge in [-0.2, -0.15) is 0 Å². The van der Waals surface area contributed by atoms with Crippen LogP contribution < -0.4 is 4.90 Å². The number of aliphatic hydroxyl groups is 1. The van der Waals surface area contributed by atoms with Gasteiger partial charge in [-0.25, -0.2) is 0 Å². The standard InChI is InChI=1S/C14H20ClNO2/c1-9-8-18-10(2)7-16(9)12-4-5-13(11(3)17)14(15)6-12/h4-6,9-11,17H,7-8H2,1-3H3. The lowest BCUT2D eigenvalue weighted by atomic mass is 10.1. The van der Waals surface area contributed by atoms with E-state index >= 15 is 0 Å². The summed E-state index contributed by atoms with van der Waals surface area (Å²) in [5.41, 5.74) is 1.86. The van der Waals surface area contributed by atoms with Gasteiger partial charge in [0, 0.05) is 23.3 Å². The average molecular weight is 270 g/mol. The number of benzene rings is 1. The van der Waals surface area contributed by atoms with Gasteiger partial charge >= 0.3 is 0 Å². The highest BCUT2D eigenvalue weighted by Crippen LogP contribution is 2.30. The van der Waals surface area contributed by atoms with Gasteiger partial charge in [-0.3, -0.25) is 0 Å². The SMILES string of the molecule is CC1CN(c2ccc(C(C)O)c(Cl)c2)C(C)CO1. The molecule has 0 radical (unpaired) electrons. The number of anilines is 1. The maximum absolute atomic E-state index is 9.58. The molecule has 0 spiro atoms. The lowest BCUT2D eigenvalue weighted by Gasteiger charge is -2.38. The van der Waals surface area contributed by atoms with Gasteiger partial charge < -0.3 is 14.7 Å². The molecule has 0 aromatic heterocycles. The van der Waals surface area contributed by atoms with Gasteiger partial charge in [-0.15, -0.1) is 0 Å². The van der Waals surface area contributed by atoms with Gasteiger partial charge in [0.25, 0.3) is 0 Å². The van der Waals surface area contributed by atoms with E-state index in [4.69, 9.17) is 16.3 Å². The fraction of sp³-hybridized carbons (Fsp3) is 0.571. The largest absolute Gasteiger partial charge is 0.389 e. The van der Waals surface area contributed by atoms with E-state index in [0.29, 0.717) is 11.1 Å². The van der Waals surface area contributed by atoms with Crippen molar-refractivity contribution in [2.75, 3.05) is 18.1 Å². The lowest BCUT2D eigenvalue weighted by Crippen LogP contribution is -2.47. The first kappa shape index (κ1) is 13.7. The van der Waals surface area contributed by atoms with Crippen LogP contribution in [0.2, 0.25) is 5.02 Å². The van der Waals surface area contributed by atoms with E-state index in [-0.39, 0.29) is 6.10 Å². The molecule has 0 aliphatic carbocycles. The van der Waals surface area contributed by atoms with Crippen LogP contribution in [0.1, 0.15) is 32.4 Å². The van der Waals surface area contributed by atoms with Crippen molar-refractivity contribution in [1.29, 1.82) is 0 Å². The molecule has 4 heteroatoms. The lowest BCUT2D eigenvalue weighted by molar-refractivity contribution is 0.0344. The van der Waals surface area contributed by atoms with Crippen LogP contribution in [0.5, 0.6) is 0 Å². The second-order valence-electron chi connectivity index (χ2n) is 5.03. The van der Waals surface area contributed by atoms with Crippen molar-refractivity contribution < 1.29 is 9.84 Å². The molecular formula is C14H20ClNO2. The molecule has 1 saturated heterocycles. The minimum Gasteiger partial charge on any atom is -0.389 e. The first-order valence-electron chi connectivity index (χ1n) is 6.34. The summed E-state index contributed by atoms with van der Waals surface area (Å²) in [7, 11) is 0. The Kier molecular flexibility index (Phi) is 4.15. The van der Waals surface area contributed by atoms with Crippen LogP contribution >= 0.6 is 11.6 Å². The Morgan fingerprint density at radius 2 is 2.17 bits per heavy atom. The van der Waals surface area contributed by atoms with Crippen molar-refractivity contribution in [3.05, 3.63) is 28.8 Å². The Labute approximate surface area is 113 Å². The minimum absolute atomic E-state index is 0.233. The molecule has 3 unspecified atom stereocenters. The average Bonchev–Trinajstić information content (AvgIpc) is 2.31. The quantitative estimate of drug-likeness (QED) is 0.896. The van der Waals surface area contributed by atoms with Crippen LogP contribution in [0.15, 0.2) is 18.2 Å². The van der Waals surface area contributed by atoms with Crippen molar-refractivity contribution in [3.8, 4) is 0 Å². The Balaban J connectivity index is 2.25. The molecule has 3 nitrogen and oxygen atoms in total. The molecule has 0 bridgehead atoms. The Morgan fingerprint density at radius 1 is 1.44 bits per heavy atom. The van der Waals surface area contributed by atoms with Crippen molar-refractivity contribution in [3.63, 3.8) is 0 Å². The monoisotopic (exact) mass is 269 g/mol. The molecule has 1 heterocycles. The predicted octanol–water partition coefficient (Wildman–Crippen LogP) is 3.01. The second-order valence-corrected chi connectivity index (χ2v) is 5.43. The zero-order valence-corrected chi connectivity index (χ0v) is 11.8. The number of halogens is 1. The number of ether oxygens (including phenoxy) is 1. The van der Waals surface area contributed by atoms with Crippen molar-refractivity contribution in [2.45, 2.75) is 39.0 Å². The van der Waals surface area contributed by atoms with Crippen LogP contribution in [0.4, 0.5) is 5.69 Å². The fourth-order valence-corrected chi connectivity index (χ4v) is 2.63. The molecule has 0 saturated carbocycles. The molecule has 0 amide bonds. The summed E-state index contributed by atoms with van der Waals surface area (Å²) >= 11 is 6.21. The Morgan fingerprint density at radius 3 is 2.78 bits per heavy atom. The van der Waals surface area contributed by atoms with Crippen LogP contribution in [0.25, 0.3) is 0 Å². The van der Waals surface area contributed by atoms with E-state index in [1.165, 1.54) is 0 Å². The summed E-state index contributed by atoms with van der Waals surface area (Å²) in [6, 6.07) is 6.19. The molecule has 1 aliphatic heterocycles. The third-order valence-electron chi connectivity index (χ3n) is 3.37. The van der Waals surface area contributed by atoms with E-state index in [1.54, 1.807) is 6.92 Å². The number of rotatable bonds is 2. The molecule has 1 aromatic carbocycles. The summed E-state index contributed by atoms with van der Waals surface area (Å²) in [5.74, 6) is 0. The third-order valence-corrected chi connectivity index (χ3v) is 3.70. The van der Waals surface area contributed by atoms with E-state index in [2.05, 4.69) is 18.7 Å². The van der Waals surface area contributed by atoms with Gasteiger partial charge in [0.1, 0.15) is 0 Å². The zero-order chi connectivity index (χ0) is 13.3. The highest BCUT2D eigenvalue weighted by molar-refractivity contribution is 6.31. The smallest absolute Gasteiger partial charge is 0.0776 e. The van der Waals surface area contributed by atoms with Crippen molar-refractivity contribution in [1.82, 2.24) is 0 Å². The highest BCUT2D eigenvalue weighted by Gasteiger charge is 2.24. The molecule has 100 valence electrons. The molecule has 1 N–H and O–H groups in total. The van der Waals surface area contributed by atoms with Crippen LogP contribution in [-0.4, -0.2) is 30.4 Å². The topological polar surface area (TPSA) is 32.7 Å². The van der Waals surface area contributed by atoms with Crippen LogP contribution in [-0.2, 0) is 4.74 Å².